The van der Waals surface area contributed by atoms with Crippen molar-refractivity contribution in [1.29, 1.82) is 0 Å². The number of ether oxygens (including phenoxy) is 1. The van der Waals surface area contributed by atoms with Crippen LogP contribution in [0.3, 0.4) is 0 Å². The molecule has 34 heavy (non-hydrogen) atoms. The predicted molar refractivity (Wildman–Crippen MR) is 143 cm³/mol. The molecule has 0 aliphatic carbocycles. The summed E-state index contributed by atoms with van der Waals surface area (Å²) in [7, 11) is -3.15. The SMILES string of the molecule is COC(=O)C[C@@H](C[C@@H](O)[C@H](O)[C@H](O[Si](C)(C)C(C)(C)C)c1ccccc1)O[Si](C)(C)C(C)(C)C. The molecule has 0 heterocycles. The summed E-state index contributed by atoms with van der Waals surface area (Å²) in [4.78, 5) is 12.1. The lowest BCUT2D eigenvalue weighted by atomic mass is 9.96. The van der Waals surface area contributed by atoms with Gasteiger partial charge in [0.25, 0.3) is 0 Å². The summed E-state index contributed by atoms with van der Waals surface area (Å²) >= 11 is 0. The third-order valence-corrected chi connectivity index (χ3v) is 16.4. The van der Waals surface area contributed by atoms with Crippen LogP contribution in [0.5, 0.6) is 0 Å². The zero-order chi connectivity index (χ0) is 26.5. The number of aliphatic hydroxyl groups excluding tert-OH is 2. The fourth-order valence-corrected chi connectivity index (χ4v) is 5.75. The molecule has 1 rings (SSSR count). The van der Waals surface area contributed by atoms with Crippen LogP contribution in [-0.4, -0.2) is 58.2 Å². The van der Waals surface area contributed by atoms with Crippen LogP contribution in [0.2, 0.25) is 36.3 Å². The Balaban J connectivity index is 3.22. The van der Waals surface area contributed by atoms with Gasteiger partial charge in [0.15, 0.2) is 16.6 Å². The first-order chi connectivity index (χ1) is 15.3. The molecule has 0 saturated carbocycles. The Kier molecular flexibility index (Phi) is 10.8. The van der Waals surface area contributed by atoms with Gasteiger partial charge in [-0.3, -0.25) is 4.79 Å². The van der Waals surface area contributed by atoms with E-state index >= 15 is 0 Å². The van der Waals surface area contributed by atoms with Gasteiger partial charge in [-0.15, -0.1) is 0 Å². The molecule has 0 saturated heterocycles. The number of benzene rings is 1. The van der Waals surface area contributed by atoms with Gasteiger partial charge in [-0.25, -0.2) is 0 Å². The Morgan fingerprint density at radius 1 is 0.882 bits per heavy atom. The number of hydrogen-bond donors (Lipinski definition) is 2. The highest BCUT2D eigenvalue weighted by Crippen LogP contribution is 2.42. The monoisotopic (exact) mass is 512 g/mol. The minimum atomic E-state index is -2.26. The molecular weight excluding hydrogens is 464 g/mol. The number of methoxy groups -OCH3 is 1. The second-order valence-electron chi connectivity index (χ2n) is 12.3. The van der Waals surface area contributed by atoms with E-state index < -0.39 is 47.0 Å². The van der Waals surface area contributed by atoms with E-state index in [9.17, 15) is 15.0 Å². The summed E-state index contributed by atoms with van der Waals surface area (Å²) in [6, 6.07) is 9.53. The van der Waals surface area contributed by atoms with Crippen molar-refractivity contribution in [2.45, 2.75) is 115 Å². The minimum Gasteiger partial charge on any atom is -0.469 e. The largest absolute Gasteiger partial charge is 0.469 e. The van der Waals surface area contributed by atoms with Gasteiger partial charge in [0.05, 0.1) is 31.8 Å². The van der Waals surface area contributed by atoms with E-state index in [1.807, 2.05) is 30.3 Å². The molecule has 0 amide bonds. The Morgan fingerprint density at radius 2 is 1.35 bits per heavy atom. The van der Waals surface area contributed by atoms with Crippen LogP contribution in [0.4, 0.5) is 0 Å². The Hall–Kier alpha value is -1.04. The molecule has 0 spiro atoms. The van der Waals surface area contributed by atoms with Gasteiger partial charge in [0, 0.05) is 6.42 Å². The number of carbonyl (C=O) groups is 1. The van der Waals surface area contributed by atoms with Crippen LogP contribution in [0.25, 0.3) is 0 Å². The molecule has 2 N–H and O–H groups in total. The van der Waals surface area contributed by atoms with Crippen LogP contribution in [0.1, 0.15) is 66.1 Å². The molecule has 0 aromatic heterocycles. The normalized spacial score (nSPS) is 17.1. The maximum Gasteiger partial charge on any atom is 0.308 e. The molecule has 0 fully saturated rings. The lowest BCUT2D eigenvalue weighted by Gasteiger charge is -2.42. The Labute approximate surface area is 209 Å². The third-order valence-electron chi connectivity index (χ3n) is 7.45. The predicted octanol–water partition coefficient (Wildman–Crippen LogP) is 5.81. The smallest absolute Gasteiger partial charge is 0.308 e. The minimum absolute atomic E-state index is 0.0197. The van der Waals surface area contributed by atoms with Crippen molar-refractivity contribution in [3.8, 4) is 0 Å². The van der Waals surface area contributed by atoms with E-state index in [4.69, 9.17) is 13.6 Å². The highest BCUT2D eigenvalue weighted by atomic mass is 28.4. The van der Waals surface area contributed by atoms with Crippen molar-refractivity contribution in [1.82, 2.24) is 0 Å². The van der Waals surface area contributed by atoms with Gasteiger partial charge in [-0.2, -0.15) is 0 Å². The van der Waals surface area contributed by atoms with Gasteiger partial charge in [-0.1, -0.05) is 71.9 Å². The molecule has 6 nitrogen and oxygen atoms in total. The van der Waals surface area contributed by atoms with Gasteiger partial charge in [0.2, 0.25) is 0 Å². The quantitative estimate of drug-likeness (QED) is 0.287. The van der Waals surface area contributed by atoms with Crippen LogP contribution < -0.4 is 0 Å². The second-order valence-corrected chi connectivity index (χ2v) is 21.8. The van der Waals surface area contributed by atoms with E-state index in [1.54, 1.807) is 0 Å². The molecule has 0 bridgehead atoms. The fourth-order valence-electron chi connectivity index (χ4n) is 3.12. The van der Waals surface area contributed by atoms with Crippen LogP contribution >= 0.6 is 0 Å². The van der Waals surface area contributed by atoms with Gasteiger partial charge in [0.1, 0.15) is 6.10 Å². The zero-order valence-electron chi connectivity index (χ0n) is 23.1. The average Bonchev–Trinajstić information content (AvgIpc) is 2.69. The first-order valence-electron chi connectivity index (χ1n) is 12.2. The van der Waals surface area contributed by atoms with Crippen molar-refractivity contribution < 1.29 is 28.6 Å². The maximum absolute atomic E-state index is 12.1. The lowest BCUT2D eigenvalue weighted by molar-refractivity contribution is -0.143. The lowest BCUT2D eigenvalue weighted by Crippen LogP contribution is -2.48. The zero-order valence-corrected chi connectivity index (χ0v) is 25.1. The highest BCUT2D eigenvalue weighted by Gasteiger charge is 2.44. The van der Waals surface area contributed by atoms with E-state index in [0.717, 1.165) is 5.56 Å². The summed E-state index contributed by atoms with van der Waals surface area (Å²) in [6.45, 7) is 21.3. The number of rotatable bonds is 11. The number of carbonyl (C=O) groups excluding carboxylic acids is 1. The molecule has 0 unspecified atom stereocenters. The van der Waals surface area contributed by atoms with E-state index in [1.165, 1.54) is 7.11 Å². The molecule has 0 aliphatic rings. The van der Waals surface area contributed by atoms with Gasteiger partial charge < -0.3 is 23.8 Å². The molecule has 0 radical (unpaired) electrons. The van der Waals surface area contributed by atoms with Crippen molar-refractivity contribution in [3.05, 3.63) is 35.9 Å². The highest BCUT2D eigenvalue weighted by molar-refractivity contribution is 6.74. The summed E-state index contributed by atoms with van der Waals surface area (Å²) in [5.41, 5.74) is 0.814. The first kappa shape index (κ1) is 31.0. The number of hydrogen-bond acceptors (Lipinski definition) is 6. The van der Waals surface area contributed by atoms with Crippen LogP contribution in [-0.2, 0) is 18.4 Å². The topological polar surface area (TPSA) is 85.2 Å². The van der Waals surface area contributed by atoms with E-state index in [0.29, 0.717) is 0 Å². The molecule has 8 heteroatoms. The molecule has 0 aliphatic heterocycles. The summed E-state index contributed by atoms with van der Waals surface area (Å²) in [6.07, 6.45) is -3.46. The second kappa shape index (κ2) is 11.8. The maximum atomic E-state index is 12.1. The van der Waals surface area contributed by atoms with Crippen LogP contribution in [0.15, 0.2) is 30.3 Å². The van der Waals surface area contributed by atoms with Crippen molar-refractivity contribution >= 4 is 22.6 Å². The summed E-state index contributed by atoms with van der Waals surface area (Å²) in [5, 5.41) is 22.4. The van der Waals surface area contributed by atoms with Crippen molar-refractivity contribution in [2.75, 3.05) is 7.11 Å². The standard InChI is InChI=1S/C26H48O6Si2/c1-25(2,3)33(8,9)31-20(18-22(28)30-7)17-21(27)23(29)24(19-15-13-12-14-16-19)32-34(10,11)26(4,5)6/h12-16,20-21,23-24,27,29H,17-18H2,1-11H3/t20-,21-,23+,24-/m1/s1. The number of esters is 1. The molecule has 1 aromatic rings. The van der Waals surface area contributed by atoms with Crippen LogP contribution in [0, 0.1) is 0 Å². The fraction of sp³-hybridized carbons (Fsp3) is 0.731. The summed E-state index contributed by atoms with van der Waals surface area (Å²) in [5.74, 6) is -0.400. The Bertz CT molecular complexity index is 768. The van der Waals surface area contributed by atoms with Gasteiger partial charge >= 0.3 is 5.97 Å². The van der Waals surface area contributed by atoms with Gasteiger partial charge in [-0.05, 0) is 41.8 Å². The van der Waals surface area contributed by atoms with E-state index in [-0.39, 0.29) is 22.9 Å². The average molecular weight is 513 g/mol. The van der Waals surface area contributed by atoms with Crippen molar-refractivity contribution in [3.63, 3.8) is 0 Å². The Morgan fingerprint density at radius 3 is 1.79 bits per heavy atom. The first-order valence-corrected chi connectivity index (χ1v) is 18.0. The van der Waals surface area contributed by atoms with Crippen molar-refractivity contribution in [2.24, 2.45) is 0 Å². The molecular formula is C26H48O6Si2. The number of aliphatic hydroxyl groups is 2. The molecule has 1 aromatic carbocycles. The van der Waals surface area contributed by atoms with E-state index in [2.05, 4.69) is 67.7 Å². The third kappa shape index (κ3) is 8.57. The molecule has 4 atom stereocenters. The molecule has 196 valence electrons. The summed E-state index contributed by atoms with van der Waals surface area (Å²) < 4.78 is 18.0.